The van der Waals surface area contributed by atoms with Gasteiger partial charge in [0.05, 0.1) is 39.6 Å². The summed E-state index contributed by atoms with van der Waals surface area (Å²) in [4.78, 5) is 31.4. The van der Waals surface area contributed by atoms with E-state index in [-0.39, 0.29) is 23.8 Å². The van der Waals surface area contributed by atoms with Crippen LogP contribution in [0.3, 0.4) is 0 Å². The quantitative estimate of drug-likeness (QED) is 0.102. The van der Waals surface area contributed by atoms with Crippen LogP contribution in [0.25, 0.3) is 22.3 Å². The van der Waals surface area contributed by atoms with E-state index < -0.39 is 11.7 Å². The topological polar surface area (TPSA) is 104 Å². The summed E-state index contributed by atoms with van der Waals surface area (Å²) >= 11 is 2.09. The summed E-state index contributed by atoms with van der Waals surface area (Å²) < 4.78 is 33.6. The number of carbonyl (C=O) groups excluding carboxylic acids is 1. The SMILES string of the molecule is CCOc1cc(C)c(-c2nc3ccccc3c(=O)n2N=Cc2cc(I)c(OCC(=O)Nc3ccccc3F)c(OCC)c2)cc1C(C)C. The van der Waals surface area contributed by atoms with Gasteiger partial charge in [-0.25, -0.2) is 9.37 Å². The normalized spacial score (nSPS) is 11.3. The predicted molar refractivity (Wildman–Crippen MR) is 195 cm³/mol. The summed E-state index contributed by atoms with van der Waals surface area (Å²) in [5.41, 5.74) is 3.61. The van der Waals surface area contributed by atoms with Crippen LogP contribution in [0.4, 0.5) is 10.1 Å². The lowest BCUT2D eigenvalue weighted by Crippen LogP contribution is -2.21. The smallest absolute Gasteiger partial charge is 0.282 e. The second-order valence-electron chi connectivity index (χ2n) is 11.2. The third kappa shape index (κ3) is 7.67. The number of hydrogen-bond donors (Lipinski definition) is 1. The molecular formula is C37H36FIN4O5. The third-order valence-electron chi connectivity index (χ3n) is 7.42. The number of rotatable bonds is 12. The molecule has 0 saturated carbocycles. The lowest BCUT2D eigenvalue weighted by molar-refractivity contribution is -0.118. The lowest BCUT2D eigenvalue weighted by atomic mass is 9.96. The predicted octanol–water partition coefficient (Wildman–Crippen LogP) is 7.94. The number of para-hydroxylation sites is 2. The molecule has 0 bridgehead atoms. The highest BCUT2D eigenvalue weighted by Gasteiger charge is 2.19. The minimum Gasteiger partial charge on any atom is -0.494 e. The fraction of sp³-hybridized carbons (Fsp3) is 0.243. The molecular weight excluding hydrogens is 726 g/mol. The number of benzene rings is 4. The van der Waals surface area contributed by atoms with Gasteiger partial charge in [0.1, 0.15) is 11.6 Å². The molecule has 0 saturated heterocycles. The Hall–Kier alpha value is -4.78. The van der Waals surface area contributed by atoms with Crippen LogP contribution in [0.15, 0.2) is 82.7 Å². The zero-order valence-electron chi connectivity index (χ0n) is 27.3. The van der Waals surface area contributed by atoms with Gasteiger partial charge in [-0.1, -0.05) is 38.1 Å². The van der Waals surface area contributed by atoms with Gasteiger partial charge < -0.3 is 19.5 Å². The second kappa shape index (κ2) is 15.4. The van der Waals surface area contributed by atoms with E-state index >= 15 is 0 Å². The van der Waals surface area contributed by atoms with Crippen LogP contribution in [0.1, 0.15) is 50.3 Å². The molecule has 48 heavy (non-hydrogen) atoms. The molecule has 0 atom stereocenters. The Labute approximate surface area is 291 Å². The van der Waals surface area contributed by atoms with Crippen LogP contribution >= 0.6 is 22.6 Å². The molecule has 0 unspecified atom stereocenters. The van der Waals surface area contributed by atoms with E-state index in [2.05, 4.69) is 46.9 Å². The average molecular weight is 763 g/mol. The first-order valence-electron chi connectivity index (χ1n) is 15.6. The largest absolute Gasteiger partial charge is 0.494 e. The fourth-order valence-corrected chi connectivity index (χ4v) is 5.93. The van der Waals surface area contributed by atoms with Gasteiger partial charge >= 0.3 is 0 Å². The molecule has 248 valence electrons. The molecule has 1 aromatic heterocycles. The minimum absolute atomic E-state index is 0.0658. The van der Waals surface area contributed by atoms with Gasteiger partial charge in [0, 0.05) is 5.56 Å². The number of aromatic nitrogens is 2. The fourth-order valence-electron chi connectivity index (χ4n) is 5.15. The van der Waals surface area contributed by atoms with Gasteiger partial charge in [0.2, 0.25) is 0 Å². The average Bonchev–Trinajstić information content (AvgIpc) is 3.05. The van der Waals surface area contributed by atoms with E-state index in [1.165, 1.54) is 16.8 Å². The highest BCUT2D eigenvalue weighted by molar-refractivity contribution is 14.1. The molecule has 1 amide bonds. The summed E-state index contributed by atoms with van der Waals surface area (Å²) in [6.07, 6.45) is 1.56. The van der Waals surface area contributed by atoms with Crippen molar-refractivity contribution >= 4 is 51.3 Å². The molecule has 5 aromatic rings. The molecule has 5 rings (SSSR count). The molecule has 0 fully saturated rings. The molecule has 4 aromatic carbocycles. The van der Waals surface area contributed by atoms with Crippen LogP contribution in [0, 0.1) is 16.3 Å². The number of halogens is 2. The van der Waals surface area contributed by atoms with Crippen molar-refractivity contribution in [3.63, 3.8) is 0 Å². The standard InChI is InChI=1S/C37H36FIN4O5/c1-6-46-32-16-23(5)27(19-26(32)22(3)4)36-42-30-14-10-8-12-25(30)37(45)43(36)40-20-24-17-29(39)35(33(18-24)47-7-2)48-21-34(44)41-31-15-11-9-13-28(31)38/h8-20,22H,6-7,21H2,1-5H3,(H,41,44). The Kier molecular flexibility index (Phi) is 11.1. The number of nitrogens with zero attached hydrogens (tertiary/aromatic N) is 3. The number of amides is 1. The van der Waals surface area contributed by atoms with Crippen LogP contribution in [-0.4, -0.2) is 41.6 Å². The summed E-state index contributed by atoms with van der Waals surface area (Å²) in [6, 6.07) is 20.6. The van der Waals surface area contributed by atoms with Gasteiger partial charge in [-0.15, -0.1) is 0 Å². The maximum Gasteiger partial charge on any atom is 0.282 e. The first kappa shape index (κ1) is 34.6. The summed E-state index contributed by atoms with van der Waals surface area (Å²) in [5, 5.41) is 7.61. The number of carbonyl (C=O) groups is 1. The highest BCUT2D eigenvalue weighted by atomic mass is 127. The minimum atomic E-state index is -0.541. The zero-order valence-corrected chi connectivity index (χ0v) is 29.5. The van der Waals surface area contributed by atoms with E-state index in [1.807, 2.05) is 45.0 Å². The van der Waals surface area contributed by atoms with Gasteiger partial charge in [-0.05, 0) is 115 Å². The summed E-state index contributed by atoms with van der Waals surface area (Å²) in [6.45, 7) is 10.4. The van der Waals surface area contributed by atoms with Crippen molar-refractivity contribution in [2.24, 2.45) is 5.10 Å². The van der Waals surface area contributed by atoms with E-state index in [1.54, 1.807) is 42.6 Å². The first-order chi connectivity index (χ1) is 23.1. The van der Waals surface area contributed by atoms with Crippen molar-refractivity contribution in [3.05, 3.63) is 109 Å². The Morgan fingerprint density at radius 1 is 1.00 bits per heavy atom. The van der Waals surface area contributed by atoms with Crippen LogP contribution in [-0.2, 0) is 4.79 Å². The maximum atomic E-state index is 14.0. The Morgan fingerprint density at radius 2 is 1.71 bits per heavy atom. The first-order valence-corrected chi connectivity index (χ1v) is 16.7. The summed E-state index contributed by atoms with van der Waals surface area (Å²) in [7, 11) is 0. The van der Waals surface area contributed by atoms with Crippen LogP contribution in [0.2, 0.25) is 0 Å². The summed E-state index contributed by atoms with van der Waals surface area (Å²) in [5.74, 6) is 1.05. The number of hydrogen-bond acceptors (Lipinski definition) is 7. The molecule has 0 aliphatic heterocycles. The maximum absolute atomic E-state index is 14.0. The van der Waals surface area contributed by atoms with Gasteiger partial charge in [0.15, 0.2) is 23.9 Å². The molecule has 0 aliphatic carbocycles. The number of nitrogens with one attached hydrogen (secondary N) is 1. The van der Waals surface area contributed by atoms with Gasteiger partial charge in [-0.2, -0.15) is 9.78 Å². The number of anilines is 1. The van der Waals surface area contributed by atoms with Crippen molar-refractivity contribution in [3.8, 4) is 28.6 Å². The lowest BCUT2D eigenvalue weighted by Gasteiger charge is -2.18. The molecule has 0 aliphatic rings. The van der Waals surface area contributed by atoms with E-state index in [0.717, 1.165) is 22.4 Å². The molecule has 9 nitrogen and oxygen atoms in total. The molecule has 1 N–H and O–H groups in total. The van der Waals surface area contributed by atoms with Gasteiger partial charge in [-0.3, -0.25) is 9.59 Å². The molecule has 0 spiro atoms. The third-order valence-corrected chi connectivity index (χ3v) is 8.22. The molecule has 1 heterocycles. The Balaban J connectivity index is 1.53. The van der Waals surface area contributed by atoms with E-state index in [0.29, 0.717) is 50.6 Å². The molecule has 0 radical (unpaired) electrons. The number of fused-ring (bicyclic) bond motifs is 1. The highest BCUT2D eigenvalue weighted by Crippen LogP contribution is 2.36. The second-order valence-corrected chi connectivity index (χ2v) is 12.3. The number of ether oxygens (including phenoxy) is 3. The van der Waals surface area contributed by atoms with Crippen molar-refractivity contribution < 1.29 is 23.4 Å². The van der Waals surface area contributed by atoms with Gasteiger partial charge in [0.25, 0.3) is 11.5 Å². The van der Waals surface area contributed by atoms with Crippen molar-refractivity contribution in [2.75, 3.05) is 25.1 Å². The molecule has 11 heteroatoms. The van der Waals surface area contributed by atoms with Crippen LogP contribution < -0.4 is 25.1 Å². The van der Waals surface area contributed by atoms with Crippen molar-refractivity contribution in [1.82, 2.24) is 9.66 Å². The van der Waals surface area contributed by atoms with Crippen molar-refractivity contribution in [1.29, 1.82) is 0 Å². The monoisotopic (exact) mass is 762 g/mol. The zero-order chi connectivity index (χ0) is 34.4. The number of aryl methyl sites for hydroxylation is 1. The Morgan fingerprint density at radius 3 is 2.44 bits per heavy atom. The van der Waals surface area contributed by atoms with E-state index in [4.69, 9.17) is 19.2 Å². The Bertz CT molecular complexity index is 2060. The van der Waals surface area contributed by atoms with Crippen molar-refractivity contribution in [2.45, 2.75) is 40.5 Å². The van der Waals surface area contributed by atoms with Crippen LogP contribution in [0.5, 0.6) is 17.2 Å². The van der Waals surface area contributed by atoms with E-state index in [9.17, 15) is 14.0 Å².